The van der Waals surface area contributed by atoms with Crippen LogP contribution in [0.2, 0.25) is 0 Å². The average molecular weight is 317 g/mol. The molecule has 120 valence electrons. The van der Waals surface area contributed by atoms with Crippen LogP contribution in [0.4, 0.5) is 4.39 Å². The normalized spacial score (nSPS) is 15.7. The molecule has 5 nitrogen and oxygen atoms in total. The van der Waals surface area contributed by atoms with E-state index >= 15 is 0 Å². The van der Waals surface area contributed by atoms with Crippen molar-refractivity contribution in [3.8, 4) is 0 Å². The molecule has 0 aliphatic heterocycles. The summed E-state index contributed by atoms with van der Waals surface area (Å²) in [6, 6.07) is 7.53. The highest BCUT2D eigenvalue weighted by Gasteiger charge is 2.39. The molecular weight excluding hydrogens is 301 g/mol. The minimum atomic E-state index is -1.14. The summed E-state index contributed by atoms with van der Waals surface area (Å²) in [5, 5.41) is 11.6. The molecule has 1 saturated carbocycles. The van der Waals surface area contributed by atoms with E-state index in [2.05, 4.69) is 5.32 Å². The Morgan fingerprint density at radius 3 is 2.48 bits per heavy atom. The van der Waals surface area contributed by atoms with Gasteiger partial charge in [-0.05, 0) is 30.5 Å². The van der Waals surface area contributed by atoms with Crippen molar-refractivity contribution in [2.75, 3.05) is 6.54 Å². The van der Waals surface area contributed by atoms with Gasteiger partial charge in [0.25, 0.3) is 5.91 Å². The van der Waals surface area contributed by atoms with Crippen molar-refractivity contribution in [3.63, 3.8) is 0 Å². The number of carboxylic acids is 1. The summed E-state index contributed by atoms with van der Waals surface area (Å²) in [7, 11) is 0. The van der Waals surface area contributed by atoms with Crippen molar-refractivity contribution in [3.05, 3.63) is 59.3 Å². The van der Waals surface area contributed by atoms with Gasteiger partial charge in [0.2, 0.25) is 0 Å². The molecule has 1 aliphatic carbocycles. The van der Waals surface area contributed by atoms with Crippen molar-refractivity contribution in [1.82, 2.24) is 5.32 Å². The van der Waals surface area contributed by atoms with Crippen LogP contribution >= 0.6 is 0 Å². The lowest BCUT2D eigenvalue weighted by Crippen LogP contribution is -2.45. The first-order valence-corrected chi connectivity index (χ1v) is 7.36. The zero-order chi connectivity index (χ0) is 16.4. The Hall–Kier alpha value is -2.63. The van der Waals surface area contributed by atoms with E-state index in [0.717, 1.165) is 31.1 Å². The summed E-state index contributed by atoms with van der Waals surface area (Å²) in [5.41, 5.74) is 0.745. The first-order chi connectivity index (χ1) is 11.0. The first kappa shape index (κ1) is 15.3. The number of hydrogen-bond acceptors (Lipinski definition) is 3. The number of amides is 1. The van der Waals surface area contributed by atoms with Crippen LogP contribution in [0, 0.1) is 5.82 Å². The smallest absolute Gasteiger partial charge is 0.338 e. The number of benzene rings is 1. The van der Waals surface area contributed by atoms with Crippen LogP contribution in [0.25, 0.3) is 0 Å². The van der Waals surface area contributed by atoms with E-state index in [9.17, 15) is 14.0 Å². The van der Waals surface area contributed by atoms with Crippen LogP contribution in [-0.4, -0.2) is 23.5 Å². The predicted octanol–water partition coefficient (Wildman–Crippen LogP) is 2.97. The predicted molar refractivity (Wildman–Crippen MR) is 79.9 cm³/mol. The van der Waals surface area contributed by atoms with Crippen molar-refractivity contribution in [2.45, 2.75) is 24.7 Å². The van der Waals surface area contributed by atoms with E-state index < -0.39 is 11.9 Å². The highest BCUT2D eigenvalue weighted by atomic mass is 19.1. The molecule has 0 spiro atoms. The van der Waals surface area contributed by atoms with E-state index in [-0.39, 0.29) is 22.6 Å². The highest BCUT2D eigenvalue weighted by Crippen LogP contribution is 2.43. The molecule has 1 fully saturated rings. The number of carbonyl (C=O) groups excluding carboxylic acids is 1. The monoisotopic (exact) mass is 317 g/mol. The second kappa shape index (κ2) is 5.87. The van der Waals surface area contributed by atoms with Crippen LogP contribution in [0.3, 0.4) is 0 Å². The van der Waals surface area contributed by atoms with Gasteiger partial charge in [0.1, 0.15) is 12.1 Å². The second-order valence-corrected chi connectivity index (χ2v) is 5.83. The lowest BCUT2D eigenvalue weighted by Gasteiger charge is -2.42. The van der Waals surface area contributed by atoms with Crippen molar-refractivity contribution in [1.29, 1.82) is 0 Å². The maximum Gasteiger partial charge on any atom is 0.338 e. The van der Waals surface area contributed by atoms with Crippen molar-refractivity contribution >= 4 is 11.9 Å². The molecule has 0 saturated heterocycles. The molecule has 6 heteroatoms. The molecule has 0 unspecified atom stereocenters. The van der Waals surface area contributed by atoms with Crippen LogP contribution in [0.5, 0.6) is 0 Å². The molecule has 23 heavy (non-hydrogen) atoms. The Labute approximate surface area is 132 Å². The third-order valence-corrected chi connectivity index (χ3v) is 4.42. The third kappa shape index (κ3) is 2.97. The van der Waals surface area contributed by atoms with Gasteiger partial charge in [-0.1, -0.05) is 18.6 Å². The van der Waals surface area contributed by atoms with Crippen LogP contribution in [0.1, 0.15) is 45.7 Å². The largest absolute Gasteiger partial charge is 0.478 e. The third-order valence-electron chi connectivity index (χ3n) is 4.42. The average Bonchev–Trinajstić information content (AvgIpc) is 2.98. The zero-order valence-corrected chi connectivity index (χ0v) is 12.3. The molecule has 1 aliphatic rings. The number of carboxylic acid groups (broad SMARTS) is 1. The van der Waals surface area contributed by atoms with Crippen LogP contribution in [0.15, 0.2) is 41.0 Å². The Morgan fingerprint density at radius 1 is 1.26 bits per heavy atom. The molecule has 0 atom stereocenters. The Morgan fingerprint density at radius 2 is 1.96 bits per heavy atom. The molecule has 2 aromatic rings. The molecule has 0 radical (unpaired) electrons. The molecule has 1 amide bonds. The number of nitrogens with one attached hydrogen (secondary N) is 1. The SMILES string of the molecule is O=C(O)c1coc(C(=O)NCC2(c3ccc(F)cc3)CCC2)c1. The molecule has 3 rings (SSSR count). The molecule has 1 aromatic carbocycles. The zero-order valence-electron chi connectivity index (χ0n) is 12.3. The summed E-state index contributed by atoms with van der Waals surface area (Å²) in [6.07, 6.45) is 3.92. The van der Waals surface area contributed by atoms with E-state index in [4.69, 9.17) is 9.52 Å². The lowest BCUT2D eigenvalue weighted by atomic mass is 9.64. The van der Waals surface area contributed by atoms with Gasteiger partial charge in [-0.15, -0.1) is 0 Å². The Balaban J connectivity index is 1.69. The summed E-state index contributed by atoms with van der Waals surface area (Å²) < 4.78 is 18.1. The van der Waals surface area contributed by atoms with Crippen molar-refractivity contribution < 1.29 is 23.5 Å². The fraction of sp³-hybridized carbons (Fsp3) is 0.294. The molecule has 2 N–H and O–H groups in total. The number of aromatic carboxylic acids is 1. The topological polar surface area (TPSA) is 79.5 Å². The summed E-state index contributed by atoms with van der Waals surface area (Å²) in [4.78, 5) is 22.9. The van der Waals surface area contributed by atoms with Gasteiger partial charge < -0.3 is 14.8 Å². The molecule has 1 heterocycles. The second-order valence-electron chi connectivity index (χ2n) is 5.83. The standard InChI is InChI=1S/C17H16FNO4/c18-13-4-2-12(3-5-13)17(6-1-7-17)10-19-15(20)14-8-11(9-23-14)16(21)22/h2-5,8-9H,1,6-7,10H2,(H,19,20)(H,21,22). The summed E-state index contributed by atoms with van der Waals surface area (Å²) in [5.74, 6) is -1.92. The van der Waals surface area contributed by atoms with Gasteiger partial charge in [0, 0.05) is 18.0 Å². The number of rotatable bonds is 5. The van der Waals surface area contributed by atoms with E-state index in [1.807, 2.05) is 0 Å². The Bertz CT molecular complexity index is 731. The van der Waals surface area contributed by atoms with E-state index in [1.54, 1.807) is 12.1 Å². The fourth-order valence-electron chi connectivity index (χ4n) is 2.88. The quantitative estimate of drug-likeness (QED) is 0.888. The number of carbonyl (C=O) groups is 2. The molecular formula is C17H16FNO4. The lowest BCUT2D eigenvalue weighted by molar-refractivity contribution is 0.0695. The van der Waals surface area contributed by atoms with Gasteiger partial charge in [0.05, 0.1) is 5.56 Å². The first-order valence-electron chi connectivity index (χ1n) is 7.36. The van der Waals surface area contributed by atoms with Gasteiger partial charge in [-0.3, -0.25) is 4.79 Å². The van der Waals surface area contributed by atoms with Crippen LogP contribution in [-0.2, 0) is 5.41 Å². The molecule has 0 bridgehead atoms. The summed E-state index contributed by atoms with van der Waals surface area (Å²) >= 11 is 0. The number of halogens is 1. The van der Waals surface area contributed by atoms with E-state index in [0.29, 0.717) is 6.54 Å². The highest BCUT2D eigenvalue weighted by molar-refractivity contribution is 5.95. The van der Waals surface area contributed by atoms with Gasteiger partial charge in [0.15, 0.2) is 5.76 Å². The maximum atomic E-state index is 13.1. The number of furan rings is 1. The summed E-state index contributed by atoms with van der Waals surface area (Å²) in [6.45, 7) is 0.403. The van der Waals surface area contributed by atoms with Gasteiger partial charge >= 0.3 is 5.97 Å². The Kier molecular flexibility index (Phi) is 3.90. The van der Waals surface area contributed by atoms with Gasteiger partial charge in [-0.2, -0.15) is 0 Å². The molecule has 1 aromatic heterocycles. The number of hydrogen-bond donors (Lipinski definition) is 2. The van der Waals surface area contributed by atoms with Crippen molar-refractivity contribution in [2.24, 2.45) is 0 Å². The van der Waals surface area contributed by atoms with Gasteiger partial charge in [-0.25, -0.2) is 9.18 Å². The minimum absolute atomic E-state index is 0.0315. The van der Waals surface area contributed by atoms with Crippen LogP contribution < -0.4 is 5.32 Å². The maximum absolute atomic E-state index is 13.1. The fourth-order valence-corrected chi connectivity index (χ4v) is 2.88. The van der Waals surface area contributed by atoms with E-state index in [1.165, 1.54) is 18.2 Å². The minimum Gasteiger partial charge on any atom is -0.478 e.